The Hall–Kier alpha value is -2.99. The van der Waals surface area contributed by atoms with Crippen LogP contribution in [-0.2, 0) is 11.3 Å². The molecule has 3 rings (SSSR count). The Labute approximate surface area is 199 Å². The molecule has 3 N–H and O–H groups in total. The Bertz CT molecular complexity index is 927. The third kappa shape index (κ3) is 9.18. The summed E-state index contributed by atoms with van der Waals surface area (Å²) in [5.74, 6) is 2.68. The maximum atomic E-state index is 10.6. The number of carbonyl (C=O) groups excluding carboxylic acids is 2. The molecule has 1 aromatic carbocycles. The van der Waals surface area contributed by atoms with E-state index in [0.717, 1.165) is 37.8 Å². The maximum absolute atomic E-state index is 10.6. The summed E-state index contributed by atoms with van der Waals surface area (Å²) in [7, 11) is 4.54. The lowest BCUT2D eigenvalue weighted by molar-refractivity contribution is -0.109. The molecule has 0 atom stereocenters. The van der Waals surface area contributed by atoms with E-state index in [1.807, 2.05) is 7.05 Å². The van der Waals surface area contributed by atoms with Gasteiger partial charge in [-0.1, -0.05) is 11.6 Å². The second-order valence-electron chi connectivity index (χ2n) is 7.37. The number of rotatable bonds is 9. The summed E-state index contributed by atoms with van der Waals surface area (Å²) in [5, 5.41) is 22.5. The Morgan fingerprint density at radius 3 is 2.55 bits per heavy atom. The summed E-state index contributed by atoms with van der Waals surface area (Å²) in [4.78, 5) is 24.8. The average Bonchev–Trinajstić information content (AvgIpc) is 2.83. The van der Waals surface area contributed by atoms with Gasteiger partial charge in [0.2, 0.25) is 0 Å². The topological polar surface area (TPSA) is 124 Å². The van der Waals surface area contributed by atoms with E-state index in [4.69, 9.17) is 26.7 Å². The van der Waals surface area contributed by atoms with Crippen LogP contribution in [0, 0.1) is 23.2 Å². The van der Waals surface area contributed by atoms with Gasteiger partial charge >= 0.3 is 0 Å². The highest BCUT2D eigenvalue weighted by molar-refractivity contribution is 6.33. The number of pyridine rings is 1. The molecule has 0 aliphatic heterocycles. The predicted octanol–water partition coefficient (Wildman–Crippen LogP) is 3.47. The molecule has 2 aromatic rings. The number of halogens is 1. The fourth-order valence-corrected chi connectivity index (χ4v) is 3.71. The number of aromatic nitrogens is 1. The lowest BCUT2D eigenvalue weighted by atomic mass is 9.73. The number of methoxy groups -OCH3 is 1. The molecule has 1 aliphatic carbocycles. The van der Waals surface area contributed by atoms with Crippen molar-refractivity contribution in [2.24, 2.45) is 11.8 Å². The van der Waals surface area contributed by atoms with Crippen LogP contribution >= 0.6 is 11.6 Å². The summed E-state index contributed by atoms with van der Waals surface area (Å²) in [6.07, 6.45) is 6.44. The second-order valence-corrected chi connectivity index (χ2v) is 7.78. The number of aliphatic hydroxyl groups is 1. The minimum absolute atomic E-state index is 0.356. The fraction of sp³-hybridized carbons (Fsp3) is 0.417. The first kappa shape index (κ1) is 28.0. The van der Waals surface area contributed by atoms with E-state index in [9.17, 15) is 9.59 Å². The predicted molar refractivity (Wildman–Crippen MR) is 129 cm³/mol. The van der Waals surface area contributed by atoms with Gasteiger partial charge in [0, 0.05) is 37.4 Å². The van der Waals surface area contributed by atoms with Crippen molar-refractivity contribution in [2.45, 2.75) is 25.8 Å². The van der Waals surface area contributed by atoms with E-state index in [-0.39, 0.29) is 0 Å². The number of aldehydes is 2. The Kier molecular flexibility index (Phi) is 13.4. The number of benzene rings is 1. The molecule has 8 nitrogen and oxygen atoms in total. The van der Waals surface area contributed by atoms with Crippen LogP contribution in [0.3, 0.4) is 0 Å². The number of carbonyl (C=O) groups is 2. The van der Waals surface area contributed by atoms with Crippen LogP contribution in [0.15, 0.2) is 30.5 Å². The van der Waals surface area contributed by atoms with Gasteiger partial charge in [0.1, 0.15) is 17.9 Å². The van der Waals surface area contributed by atoms with Gasteiger partial charge in [0.05, 0.1) is 23.8 Å². The van der Waals surface area contributed by atoms with Gasteiger partial charge in [-0.2, -0.15) is 5.26 Å². The van der Waals surface area contributed by atoms with E-state index >= 15 is 0 Å². The zero-order valence-corrected chi connectivity index (χ0v) is 19.9. The van der Waals surface area contributed by atoms with Gasteiger partial charge in [-0.15, -0.1) is 0 Å². The summed E-state index contributed by atoms with van der Waals surface area (Å²) in [6.45, 7) is 1.52. The van der Waals surface area contributed by atoms with Crippen molar-refractivity contribution in [1.82, 2.24) is 10.3 Å². The first-order valence-corrected chi connectivity index (χ1v) is 10.9. The van der Waals surface area contributed by atoms with Gasteiger partial charge in [0.25, 0.3) is 0 Å². The van der Waals surface area contributed by atoms with Crippen LogP contribution in [0.5, 0.6) is 5.75 Å². The SMILES string of the molecule is CNCC1CC(CC=O)C1.CO.COc1ccc(C#N)cc1CNc1ncc(C=O)cc1Cl. The molecule has 1 saturated carbocycles. The van der Waals surface area contributed by atoms with Crippen LogP contribution in [0.1, 0.15) is 40.7 Å². The van der Waals surface area contributed by atoms with Crippen LogP contribution in [0.25, 0.3) is 0 Å². The van der Waals surface area contributed by atoms with Crippen molar-refractivity contribution in [2.75, 3.05) is 33.1 Å². The van der Waals surface area contributed by atoms with Gasteiger partial charge in [-0.05, 0) is 62.5 Å². The zero-order valence-electron chi connectivity index (χ0n) is 19.2. The number of hydrogen-bond acceptors (Lipinski definition) is 8. The molecular formula is C24H31ClN4O4. The lowest BCUT2D eigenvalue weighted by Crippen LogP contribution is -2.31. The number of anilines is 1. The molecule has 0 amide bonds. The van der Waals surface area contributed by atoms with Crippen LogP contribution in [-0.4, -0.2) is 50.5 Å². The molecule has 1 aromatic heterocycles. The van der Waals surface area contributed by atoms with Crippen molar-refractivity contribution in [1.29, 1.82) is 5.26 Å². The van der Waals surface area contributed by atoms with Crippen LogP contribution in [0.4, 0.5) is 5.82 Å². The molecule has 178 valence electrons. The largest absolute Gasteiger partial charge is 0.496 e. The first-order chi connectivity index (χ1) is 16.0. The molecular weight excluding hydrogens is 444 g/mol. The van der Waals surface area contributed by atoms with E-state index < -0.39 is 0 Å². The number of aliphatic hydroxyl groups excluding tert-OH is 1. The molecule has 1 fully saturated rings. The van der Waals surface area contributed by atoms with Crippen LogP contribution in [0.2, 0.25) is 5.02 Å². The molecule has 1 aliphatic rings. The third-order valence-corrected chi connectivity index (χ3v) is 5.40. The highest BCUT2D eigenvalue weighted by atomic mass is 35.5. The normalized spacial score (nSPS) is 15.9. The molecule has 0 spiro atoms. The van der Waals surface area contributed by atoms with Gasteiger partial charge < -0.3 is 25.3 Å². The number of hydrogen-bond donors (Lipinski definition) is 3. The lowest BCUT2D eigenvalue weighted by Gasteiger charge is -2.33. The molecule has 0 unspecified atom stereocenters. The molecule has 33 heavy (non-hydrogen) atoms. The first-order valence-electron chi connectivity index (χ1n) is 10.5. The molecule has 0 bridgehead atoms. The van der Waals surface area contributed by atoms with Crippen molar-refractivity contribution >= 4 is 30.0 Å². The fourth-order valence-electron chi connectivity index (χ4n) is 3.47. The van der Waals surface area contributed by atoms with Gasteiger partial charge in [0.15, 0.2) is 6.29 Å². The monoisotopic (exact) mass is 474 g/mol. The zero-order chi connectivity index (χ0) is 24.6. The van der Waals surface area contributed by atoms with Crippen molar-refractivity contribution in [3.63, 3.8) is 0 Å². The Morgan fingerprint density at radius 1 is 1.27 bits per heavy atom. The third-order valence-electron chi connectivity index (χ3n) is 5.11. The van der Waals surface area contributed by atoms with E-state index in [1.54, 1.807) is 25.3 Å². The summed E-state index contributed by atoms with van der Waals surface area (Å²) < 4.78 is 5.25. The quantitative estimate of drug-likeness (QED) is 0.472. The Balaban J connectivity index is 0.000000380. The van der Waals surface area contributed by atoms with Crippen molar-refractivity contribution in [3.05, 3.63) is 52.2 Å². The minimum Gasteiger partial charge on any atom is -0.496 e. The van der Waals surface area contributed by atoms with Gasteiger partial charge in [-0.25, -0.2) is 4.98 Å². The summed E-state index contributed by atoms with van der Waals surface area (Å²) >= 11 is 6.04. The van der Waals surface area contributed by atoms with Gasteiger partial charge in [-0.3, -0.25) is 4.79 Å². The number of ether oxygens (including phenoxy) is 1. The highest BCUT2D eigenvalue weighted by Gasteiger charge is 2.27. The second kappa shape index (κ2) is 15.8. The van der Waals surface area contributed by atoms with E-state index in [0.29, 0.717) is 46.5 Å². The van der Waals surface area contributed by atoms with E-state index in [1.165, 1.54) is 25.1 Å². The number of nitriles is 1. The van der Waals surface area contributed by atoms with Crippen molar-refractivity contribution < 1.29 is 19.4 Å². The summed E-state index contributed by atoms with van der Waals surface area (Å²) in [5.41, 5.74) is 1.77. The highest BCUT2D eigenvalue weighted by Crippen LogP contribution is 2.34. The average molecular weight is 475 g/mol. The smallest absolute Gasteiger partial charge is 0.151 e. The maximum Gasteiger partial charge on any atom is 0.151 e. The molecule has 1 heterocycles. The summed E-state index contributed by atoms with van der Waals surface area (Å²) in [6, 6.07) is 8.77. The minimum atomic E-state index is 0.356. The standard InChI is InChI=1S/C15H12ClN3O2.C8H15NO.CH4O/c1-21-14-3-2-10(6-17)4-12(14)8-19-15-13(16)5-11(9-20)7-18-15;1-9-6-8-4-7(5-8)2-3-10;1-2/h2-5,7,9H,8H2,1H3,(H,18,19);3,7-9H,2,4-6H2,1H3;2H,1H3. The van der Waals surface area contributed by atoms with Crippen molar-refractivity contribution in [3.8, 4) is 11.8 Å². The number of nitrogens with zero attached hydrogens (tertiary/aromatic N) is 2. The molecule has 0 radical (unpaired) electrons. The Morgan fingerprint density at radius 2 is 2.00 bits per heavy atom. The van der Waals surface area contributed by atoms with E-state index in [2.05, 4.69) is 21.7 Å². The number of nitrogens with one attached hydrogen (secondary N) is 2. The molecule has 0 saturated heterocycles. The van der Waals surface area contributed by atoms with Crippen LogP contribution < -0.4 is 15.4 Å². The molecule has 9 heteroatoms.